The predicted molar refractivity (Wildman–Crippen MR) is 66.2 cm³/mol. The molecule has 0 saturated carbocycles. The Morgan fingerprint density at radius 2 is 2.06 bits per heavy atom. The van der Waals surface area contributed by atoms with Crippen LogP contribution in [0, 0.1) is 0 Å². The van der Waals surface area contributed by atoms with Crippen LogP contribution in [0.2, 0.25) is 0 Å². The van der Waals surface area contributed by atoms with Gasteiger partial charge in [0.05, 0.1) is 0 Å². The zero-order chi connectivity index (χ0) is 12.3. The average Bonchev–Trinajstić information content (AvgIpc) is 2.77. The Hall–Kier alpha value is -1.43. The van der Waals surface area contributed by atoms with E-state index in [0.717, 1.165) is 25.9 Å². The van der Waals surface area contributed by atoms with Crippen LogP contribution in [0.25, 0.3) is 0 Å². The third-order valence-corrected chi connectivity index (χ3v) is 3.41. The van der Waals surface area contributed by atoms with Gasteiger partial charge in [0.1, 0.15) is 5.69 Å². The summed E-state index contributed by atoms with van der Waals surface area (Å²) in [5, 5.41) is 4.76. The van der Waals surface area contributed by atoms with E-state index in [1.807, 2.05) is 4.90 Å². The first-order valence-electron chi connectivity index (χ1n) is 5.69. The molecule has 6 heteroatoms. The van der Waals surface area contributed by atoms with Gasteiger partial charge in [0.2, 0.25) is 5.91 Å². The third kappa shape index (κ3) is 3.03. The molecule has 2 rings (SSSR count). The molecule has 17 heavy (non-hydrogen) atoms. The number of aromatic nitrogens is 1. The Morgan fingerprint density at radius 1 is 1.35 bits per heavy atom. The molecule has 2 amide bonds. The highest BCUT2D eigenvalue weighted by Crippen LogP contribution is 2.18. The second kappa shape index (κ2) is 5.27. The van der Waals surface area contributed by atoms with Crippen LogP contribution in [-0.4, -0.2) is 34.8 Å². The van der Waals surface area contributed by atoms with Gasteiger partial charge < -0.3 is 10.2 Å². The van der Waals surface area contributed by atoms with Crippen LogP contribution in [0.4, 0.5) is 5.13 Å². The standard InChI is InChI=1S/C11H15N3O2S/c1-8(15)12-11-13-9(7-17-11)10(16)14-5-3-2-4-6-14/h7H,2-6H2,1H3,(H,12,13,15). The number of thiazole rings is 1. The number of hydrogen-bond donors (Lipinski definition) is 1. The fraction of sp³-hybridized carbons (Fsp3) is 0.545. The van der Waals surface area contributed by atoms with Crippen LogP contribution in [-0.2, 0) is 4.79 Å². The van der Waals surface area contributed by atoms with Crippen molar-refractivity contribution < 1.29 is 9.59 Å². The van der Waals surface area contributed by atoms with E-state index in [0.29, 0.717) is 10.8 Å². The van der Waals surface area contributed by atoms with Crippen LogP contribution >= 0.6 is 11.3 Å². The number of amides is 2. The molecule has 1 aliphatic heterocycles. The Labute approximate surface area is 104 Å². The molecule has 5 nitrogen and oxygen atoms in total. The second-order valence-electron chi connectivity index (χ2n) is 4.07. The monoisotopic (exact) mass is 253 g/mol. The normalized spacial score (nSPS) is 15.7. The molecule has 0 atom stereocenters. The molecule has 0 aliphatic carbocycles. The summed E-state index contributed by atoms with van der Waals surface area (Å²) in [4.78, 5) is 28.9. The summed E-state index contributed by atoms with van der Waals surface area (Å²) in [7, 11) is 0. The first-order chi connectivity index (χ1) is 8.16. The molecule has 0 unspecified atom stereocenters. The molecule has 1 N–H and O–H groups in total. The highest BCUT2D eigenvalue weighted by atomic mass is 32.1. The first-order valence-corrected chi connectivity index (χ1v) is 6.57. The smallest absolute Gasteiger partial charge is 0.273 e. The van der Waals surface area contributed by atoms with Crippen molar-refractivity contribution in [3.05, 3.63) is 11.1 Å². The maximum absolute atomic E-state index is 12.1. The Morgan fingerprint density at radius 3 is 2.71 bits per heavy atom. The highest BCUT2D eigenvalue weighted by Gasteiger charge is 2.20. The van der Waals surface area contributed by atoms with E-state index < -0.39 is 0 Å². The van der Waals surface area contributed by atoms with E-state index in [2.05, 4.69) is 10.3 Å². The fourth-order valence-electron chi connectivity index (χ4n) is 1.84. The van der Waals surface area contributed by atoms with Gasteiger partial charge in [-0.3, -0.25) is 9.59 Å². The molecular weight excluding hydrogens is 238 g/mol. The lowest BCUT2D eigenvalue weighted by Crippen LogP contribution is -2.35. The second-order valence-corrected chi connectivity index (χ2v) is 4.93. The summed E-state index contributed by atoms with van der Waals surface area (Å²) in [5.41, 5.74) is 0.431. The zero-order valence-corrected chi connectivity index (χ0v) is 10.5. The van der Waals surface area contributed by atoms with E-state index in [1.54, 1.807) is 5.38 Å². The van der Waals surface area contributed by atoms with Crippen LogP contribution in [0.3, 0.4) is 0 Å². The number of likely N-dealkylation sites (tertiary alicyclic amines) is 1. The fourth-order valence-corrected chi connectivity index (χ4v) is 2.57. The number of hydrogen-bond acceptors (Lipinski definition) is 4. The average molecular weight is 253 g/mol. The van der Waals surface area contributed by atoms with Gasteiger partial charge in [0.25, 0.3) is 5.91 Å². The first kappa shape index (κ1) is 12.0. The predicted octanol–water partition coefficient (Wildman–Crippen LogP) is 1.73. The van der Waals surface area contributed by atoms with E-state index in [9.17, 15) is 9.59 Å². The molecule has 1 fully saturated rings. The molecule has 1 aromatic rings. The van der Waals surface area contributed by atoms with Gasteiger partial charge in [-0.25, -0.2) is 4.98 Å². The molecule has 0 radical (unpaired) electrons. The van der Waals surface area contributed by atoms with Gasteiger partial charge in [-0.1, -0.05) is 0 Å². The molecular formula is C11H15N3O2S. The molecule has 1 aromatic heterocycles. The van der Waals surface area contributed by atoms with Crippen molar-refractivity contribution >= 4 is 28.3 Å². The molecule has 92 valence electrons. The van der Waals surface area contributed by atoms with E-state index in [-0.39, 0.29) is 11.8 Å². The van der Waals surface area contributed by atoms with Crippen LogP contribution in [0.5, 0.6) is 0 Å². The van der Waals surface area contributed by atoms with Crippen molar-refractivity contribution in [2.75, 3.05) is 18.4 Å². The number of nitrogens with one attached hydrogen (secondary N) is 1. The minimum Gasteiger partial charge on any atom is -0.337 e. The van der Waals surface area contributed by atoms with E-state index in [4.69, 9.17) is 0 Å². The summed E-state index contributed by atoms with van der Waals surface area (Å²) < 4.78 is 0. The topological polar surface area (TPSA) is 62.3 Å². The highest BCUT2D eigenvalue weighted by molar-refractivity contribution is 7.14. The molecule has 1 aliphatic rings. The van der Waals surface area contributed by atoms with Gasteiger partial charge in [-0.15, -0.1) is 11.3 Å². The molecule has 0 bridgehead atoms. The maximum atomic E-state index is 12.1. The molecule has 1 saturated heterocycles. The number of anilines is 1. The minimum absolute atomic E-state index is 0.0300. The number of nitrogens with zero attached hydrogens (tertiary/aromatic N) is 2. The van der Waals surface area contributed by atoms with Crippen LogP contribution in [0.1, 0.15) is 36.7 Å². The lowest BCUT2D eigenvalue weighted by atomic mass is 10.1. The maximum Gasteiger partial charge on any atom is 0.273 e. The Bertz CT molecular complexity index is 424. The number of rotatable bonds is 2. The van der Waals surface area contributed by atoms with Crippen molar-refractivity contribution in [2.24, 2.45) is 0 Å². The molecule has 0 spiro atoms. The summed E-state index contributed by atoms with van der Waals surface area (Å²) in [5.74, 6) is -0.200. The molecule has 0 aromatic carbocycles. The van der Waals surface area contributed by atoms with Crippen molar-refractivity contribution in [3.8, 4) is 0 Å². The van der Waals surface area contributed by atoms with Gasteiger partial charge >= 0.3 is 0 Å². The van der Waals surface area contributed by atoms with Crippen molar-refractivity contribution in [1.82, 2.24) is 9.88 Å². The summed E-state index contributed by atoms with van der Waals surface area (Å²) >= 11 is 1.28. The summed E-state index contributed by atoms with van der Waals surface area (Å²) in [6.45, 7) is 3.05. The van der Waals surface area contributed by atoms with Crippen molar-refractivity contribution in [3.63, 3.8) is 0 Å². The van der Waals surface area contributed by atoms with E-state index >= 15 is 0 Å². The SMILES string of the molecule is CC(=O)Nc1nc(C(=O)N2CCCCC2)cs1. The Balaban J connectivity index is 2.03. The van der Waals surface area contributed by atoms with Gasteiger partial charge in [-0.2, -0.15) is 0 Å². The lowest BCUT2D eigenvalue weighted by Gasteiger charge is -2.25. The largest absolute Gasteiger partial charge is 0.337 e. The van der Waals surface area contributed by atoms with Gasteiger partial charge in [0, 0.05) is 25.4 Å². The zero-order valence-electron chi connectivity index (χ0n) is 9.73. The number of carbonyl (C=O) groups excluding carboxylic acids is 2. The summed E-state index contributed by atoms with van der Waals surface area (Å²) in [6, 6.07) is 0. The van der Waals surface area contributed by atoms with Crippen LogP contribution < -0.4 is 5.32 Å². The summed E-state index contributed by atoms with van der Waals surface area (Å²) in [6.07, 6.45) is 3.32. The van der Waals surface area contributed by atoms with Gasteiger partial charge in [0.15, 0.2) is 5.13 Å². The van der Waals surface area contributed by atoms with E-state index in [1.165, 1.54) is 24.7 Å². The number of piperidine rings is 1. The third-order valence-electron chi connectivity index (χ3n) is 2.65. The van der Waals surface area contributed by atoms with Crippen molar-refractivity contribution in [1.29, 1.82) is 0 Å². The van der Waals surface area contributed by atoms with Gasteiger partial charge in [-0.05, 0) is 19.3 Å². The minimum atomic E-state index is -0.170. The molecule has 2 heterocycles. The quantitative estimate of drug-likeness (QED) is 0.873. The number of carbonyl (C=O) groups is 2. The van der Waals surface area contributed by atoms with Crippen molar-refractivity contribution in [2.45, 2.75) is 26.2 Å². The Kier molecular flexibility index (Phi) is 3.73. The van der Waals surface area contributed by atoms with Crippen LogP contribution in [0.15, 0.2) is 5.38 Å². The lowest BCUT2D eigenvalue weighted by molar-refractivity contribution is -0.114.